The van der Waals surface area contributed by atoms with Crippen molar-refractivity contribution in [3.05, 3.63) is 56.7 Å². The average Bonchev–Trinajstić information content (AvgIpc) is 2.45. The highest BCUT2D eigenvalue weighted by Gasteiger charge is 2.10. The second-order valence-corrected chi connectivity index (χ2v) is 5.95. The van der Waals surface area contributed by atoms with Crippen LogP contribution in [0.4, 0.5) is 5.69 Å². The maximum atomic E-state index is 12.0. The summed E-state index contributed by atoms with van der Waals surface area (Å²) in [7, 11) is 0. The number of nitrogens with one attached hydrogen (secondary N) is 1. The molecule has 0 bridgehead atoms. The van der Waals surface area contributed by atoms with Crippen LogP contribution in [0.2, 0.25) is 10.0 Å². The second-order valence-electron chi connectivity index (χ2n) is 5.11. The molecule has 0 saturated heterocycles. The van der Waals surface area contributed by atoms with Gasteiger partial charge in [-0.25, -0.2) is 4.98 Å². The summed E-state index contributed by atoms with van der Waals surface area (Å²) in [6.07, 6.45) is 1.37. The van der Waals surface area contributed by atoms with Gasteiger partial charge in [0, 0.05) is 11.1 Å². The molecule has 0 fully saturated rings. The monoisotopic (exact) mass is 339 g/mol. The predicted octanol–water partition coefficient (Wildman–Crippen LogP) is 3.31. The number of anilines is 1. The Balaban J connectivity index is 2.12. The molecule has 0 atom stereocenters. The van der Waals surface area contributed by atoms with Gasteiger partial charge in [-0.05, 0) is 24.1 Å². The van der Waals surface area contributed by atoms with Gasteiger partial charge in [-0.2, -0.15) is 0 Å². The molecule has 0 radical (unpaired) electrons. The minimum atomic E-state index is -0.384. The summed E-state index contributed by atoms with van der Waals surface area (Å²) in [4.78, 5) is 28.1. The highest BCUT2D eigenvalue weighted by atomic mass is 35.5. The van der Waals surface area contributed by atoms with Crippen molar-refractivity contribution >= 4 is 34.8 Å². The van der Waals surface area contributed by atoms with Crippen LogP contribution >= 0.6 is 23.2 Å². The van der Waals surface area contributed by atoms with E-state index in [1.165, 1.54) is 17.0 Å². The van der Waals surface area contributed by atoms with Gasteiger partial charge in [0.2, 0.25) is 5.91 Å². The van der Waals surface area contributed by atoms with Crippen molar-refractivity contribution in [1.29, 1.82) is 0 Å². The number of aromatic nitrogens is 2. The molecule has 1 aromatic carbocycles. The molecule has 22 heavy (non-hydrogen) atoms. The molecule has 116 valence electrons. The van der Waals surface area contributed by atoms with Crippen LogP contribution in [0, 0.1) is 0 Å². The first-order chi connectivity index (χ1) is 10.4. The Morgan fingerprint density at radius 2 is 2.05 bits per heavy atom. The van der Waals surface area contributed by atoms with E-state index in [-0.39, 0.29) is 23.9 Å². The fourth-order valence-corrected chi connectivity index (χ4v) is 2.15. The van der Waals surface area contributed by atoms with E-state index in [2.05, 4.69) is 10.3 Å². The van der Waals surface area contributed by atoms with Crippen molar-refractivity contribution in [2.45, 2.75) is 26.3 Å². The number of hydrogen-bond acceptors (Lipinski definition) is 3. The zero-order valence-corrected chi connectivity index (χ0v) is 13.6. The molecule has 0 aliphatic rings. The lowest BCUT2D eigenvalue weighted by Crippen LogP contribution is -2.28. The Labute approximate surface area is 137 Å². The lowest BCUT2D eigenvalue weighted by molar-refractivity contribution is -0.116. The Morgan fingerprint density at radius 1 is 1.32 bits per heavy atom. The molecule has 0 unspecified atom stereocenters. The fourth-order valence-electron chi connectivity index (χ4n) is 1.81. The highest BCUT2D eigenvalue weighted by molar-refractivity contribution is 6.35. The van der Waals surface area contributed by atoms with Gasteiger partial charge in [-0.1, -0.05) is 37.0 Å². The molecule has 0 aliphatic carbocycles. The third kappa shape index (κ3) is 4.08. The lowest BCUT2D eigenvalue weighted by Gasteiger charge is -2.10. The highest BCUT2D eigenvalue weighted by Crippen LogP contribution is 2.25. The Kier molecular flexibility index (Phi) is 5.21. The first-order valence-corrected chi connectivity index (χ1v) is 7.43. The third-order valence-corrected chi connectivity index (χ3v) is 3.57. The van der Waals surface area contributed by atoms with E-state index in [1.54, 1.807) is 18.2 Å². The van der Waals surface area contributed by atoms with Gasteiger partial charge in [0.25, 0.3) is 5.56 Å². The molecular formula is C15H15Cl2N3O2. The SMILES string of the molecule is CC(C)c1cc(=O)n(CC(=O)Nc2cc(Cl)ccc2Cl)cn1. The summed E-state index contributed by atoms with van der Waals surface area (Å²) >= 11 is 11.8. The van der Waals surface area contributed by atoms with Crippen molar-refractivity contribution in [2.24, 2.45) is 0 Å². The largest absolute Gasteiger partial charge is 0.323 e. The van der Waals surface area contributed by atoms with Crippen LogP contribution in [-0.4, -0.2) is 15.5 Å². The van der Waals surface area contributed by atoms with Crippen molar-refractivity contribution in [3.8, 4) is 0 Å². The Bertz CT molecular complexity index is 757. The van der Waals surface area contributed by atoms with Crippen LogP contribution in [0.25, 0.3) is 0 Å². The smallest absolute Gasteiger partial charge is 0.254 e. The molecular weight excluding hydrogens is 325 g/mol. The average molecular weight is 340 g/mol. The zero-order valence-electron chi connectivity index (χ0n) is 12.1. The number of nitrogens with zero attached hydrogens (tertiary/aromatic N) is 2. The van der Waals surface area contributed by atoms with E-state index >= 15 is 0 Å². The number of halogens is 2. The summed E-state index contributed by atoms with van der Waals surface area (Å²) in [5.74, 6) is -0.230. The number of amides is 1. The van der Waals surface area contributed by atoms with Crippen LogP contribution in [0.5, 0.6) is 0 Å². The molecule has 1 heterocycles. The number of benzene rings is 1. The summed E-state index contributed by atoms with van der Waals surface area (Å²) in [5.41, 5.74) is 0.824. The number of hydrogen-bond donors (Lipinski definition) is 1. The van der Waals surface area contributed by atoms with Gasteiger partial charge >= 0.3 is 0 Å². The van der Waals surface area contributed by atoms with Crippen LogP contribution in [0.1, 0.15) is 25.5 Å². The molecule has 0 saturated carbocycles. The topological polar surface area (TPSA) is 64.0 Å². The van der Waals surface area contributed by atoms with Crippen LogP contribution in [0.15, 0.2) is 35.4 Å². The van der Waals surface area contributed by atoms with Gasteiger partial charge < -0.3 is 5.32 Å². The van der Waals surface area contributed by atoms with Crippen LogP contribution in [-0.2, 0) is 11.3 Å². The molecule has 1 amide bonds. The maximum absolute atomic E-state index is 12.0. The van der Waals surface area contributed by atoms with E-state index in [1.807, 2.05) is 13.8 Å². The minimum Gasteiger partial charge on any atom is -0.323 e. The molecule has 1 N–H and O–H groups in total. The zero-order chi connectivity index (χ0) is 16.3. The van der Waals surface area contributed by atoms with Crippen molar-refractivity contribution in [3.63, 3.8) is 0 Å². The van der Waals surface area contributed by atoms with Crippen LogP contribution in [0.3, 0.4) is 0 Å². The Hall–Kier alpha value is -1.85. The molecule has 2 aromatic rings. The van der Waals surface area contributed by atoms with E-state index in [0.29, 0.717) is 21.4 Å². The quantitative estimate of drug-likeness (QED) is 0.929. The summed E-state index contributed by atoms with van der Waals surface area (Å²) < 4.78 is 1.24. The first kappa shape index (κ1) is 16.5. The predicted molar refractivity (Wildman–Crippen MR) is 87.7 cm³/mol. The van der Waals surface area contributed by atoms with Gasteiger partial charge in [0.15, 0.2) is 0 Å². The first-order valence-electron chi connectivity index (χ1n) is 6.68. The summed E-state index contributed by atoms with van der Waals surface area (Å²) in [6.45, 7) is 3.74. The fraction of sp³-hybridized carbons (Fsp3) is 0.267. The standard InChI is InChI=1S/C15H15Cl2N3O2/c1-9(2)12-6-15(22)20(8-18-12)7-14(21)19-13-5-10(16)3-4-11(13)17/h3-6,8-9H,7H2,1-2H3,(H,19,21). The molecule has 0 spiro atoms. The van der Waals surface area contributed by atoms with E-state index in [9.17, 15) is 9.59 Å². The number of carbonyl (C=O) groups is 1. The summed E-state index contributed by atoms with van der Waals surface area (Å²) in [6, 6.07) is 6.19. The number of rotatable bonds is 4. The number of carbonyl (C=O) groups excluding carboxylic acids is 1. The molecule has 2 rings (SSSR count). The van der Waals surface area contributed by atoms with Gasteiger partial charge in [0.05, 0.1) is 22.7 Å². The summed E-state index contributed by atoms with van der Waals surface area (Å²) in [5, 5.41) is 3.45. The van der Waals surface area contributed by atoms with E-state index < -0.39 is 0 Å². The van der Waals surface area contributed by atoms with Crippen molar-refractivity contribution in [1.82, 2.24) is 9.55 Å². The molecule has 0 aliphatic heterocycles. The van der Waals surface area contributed by atoms with Crippen LogP contribution < -0.4 is 10.9 Å². The van der Waals surface area contributed by atoms with Crippen molar-refractivity contribution < 1.29 is 4.79 Å². The maximum Gasteiger partial charge on any atom is 0.254 e. The normalized spacial score (nSPS) is 10.8. The molecule has 5 nitrogen and oxygen atoms in total. The third-order valence-electron chi connectivity index (χ3n) is 3.01. The van der Waals surface area contributed by atoms with Gasteiger partial charge in [-0.3, -0.25) is 14.2 Å². The van der Waals surface area contributed by atoms with E-state index in [0.717, 1.165) is 0 Å². The molecule has 1 aromatic heterocycles. The lowest BCUT2D eigenvalue weighted by atomic mass is 10.1. The molecule has 7 heteroatoms. The van der Waals surface area contributed by atoms with Crippen molar-refractivity contribution in [2.75, 3.05) is 5.32 Å². The Morgan fingerprint density at radius 3 is 2.68 bits per heavy atom. The van der Waals surface area contributed by atoms with E-state index in [4.69, 9.17) is 23.2 Å². The minimum absolute atomic E-state index is 0.146. The van der Waals surface area contributed by atoms with Gasteiger partial charge in [-0.15, -0.1) is 0 Å². The van der Waals surface area contributed by atoms with Gasteiger partial charge in [0.1, 0.15) is 6.54 Å². The second kappa shape index (κ2) is 6.94.